The summed E-state index contributed by atoms with van der Waals surface area (Å²) in [6, 6.07) is 9.57. The smallest absolute Gasteiger partial charge is 0.269 e. The summed E-state index contributed by atoms with van der Waals surface area (Å²) in [5.74, 6) is 0.179. The zero-order chi connectivity index (χ0) is 18.4. The number of amides is 1. The molecule has 0 unspecified atom stereocenters. The summed E-state index contributed by atoms with van der Waals surface area (Å²) >= 11 is 3.36. The van der Waals surface area contributed by atoms with Crippen LogP contribution in [0, 0.1) is 17.0 Å². The summed E-state index contributed by atoms with van der Waals surface area (Å²) in [6.07, 6.45) is 1.90. The number of hydrogen-bond acceptors (Lipinski definition) is 4. The number of unbranched alkanes of at least 4 members (excludes halogenated alkanes) is 1. The van der Waals surface area contributed by atoms with Crippen LogP contribution in [0.3, 0.4) is 0 Å². The normalized spacial score (nSPS) is 10.4. The van der Waals surface area contributed by atoms with E-state index in [0.717, 1.165) is 17.3 Å². The van der Waals surface area contributed by atoms with Gasteiger partial charge >= 0.3 is 0 Å². The van der Waals surface area contributed by atoms with Crippen LogP contribution in [0.5, 0.6) is 5.75 Å². The van der Waals surface area contributed by atoms with Gasteiger partial charge in [-0.1, -0.05) is 29.3 Å². The average molecular weight is 407 g/mol. The largest absolute Gasteiger partial charge is 0.493 e. The third kappa shape index (κ3) is 5.03. The number of nitro groups is 1. The summed E-state index contributed by atoms with van der Waals surface area (Å²) in [4.78, 5) is 23.0. The zero-order valence-corrected chi connectivity index (χ0v) is 15.6. The van der Waals surface area contributed by atoms with E-state index in [9.17, 15) is 14.9 Å². The first kappa shape index (κ1) is 18.9. The first-order valence-corrected chi connectivity index (χ1v) is 8.70. The first-order chi connectivity index (χ1) is 11.9. The maximum absolute atomic E-state index is 12.6. The molecule has 2 aromatic carbocycles. The van der Waals surface area contributed by atoms with Crippen molar-refractivity contribution in [3.05, 3.63) is 62.1 Å². The van der Waals surface area contributed by atoms with Crippen molar-refractivity contribution in [2.24, 2.45) is 0 Å². The second-order valence-corrected chi connectivity index (χ2v) is 6.47. The molecule has 0 atom stereocenters. The van der Waals surface area contributed by atoms with E-state index in [1.807, 2.05) is 6.07 Å². The van der Waals surface area contributed by atoms with Gasteiger partial charge in [0.05, 0.1) is 17.1 Å². The van der Waals surface area contributed by atoms with Gasteiger partial charge in [-0.15, -0.1) is 0 Å². The fourth-order valence-corrected chi connectivity index (χ4v) is 2.58. The molecule has 2 rings (SSSR count). The summed E-state index contributed by atoms with van der Waals surface area (Å²) in [7, 11) is 0. The Morgan fingerprint density at radius 3 is 2.68 bits per heavy atom. The molecule has 0 spiro atoms. The molecule has 0 saturated heterocycles. The number of aryl methyl sites for hydroxylation is 1. The van der Waals surface area contributed by atoms with E-state index in [1.54, 1.807) is 19.1 Å². The standard InChI is InChI=1S/C18H19BrN2O4/c1-3-4-9-25-17-8-5-13(19)11-15(17)18(22)20-16-7-6-14(21(23)24)10-12(16)2/h5-8,10-11H,3-4,9H2,1-2H3,(H,20,22). The lowest BCUT2D eigenvalue weighted by molar-refractivity contribution is -0.384. The average Bonchev–Trinajstić information content (AvgIpc) is 2.57. The number of non-ortho nitro benzene ring substituents is 1. The molecule has 0 saturated carbocycles. The van der Waals surface area contributed by atoms with Gasteiger partial charge in [0.2, 0.25) is 0 Å². The monoisotopic (exact) mass is 406 g/mol. The van der Waals surface area contributed by atoms with Crippen LogP contribution in [-0.2, 0) is 0 Å². The molecule has 1 amide bonds. The fourth-order valence-electron chi connectivity index (χ4n) is 2.22. The second kappa shape index (κ2) is 8.62. The number of carbonyl (C=O) groups excluding carboxylic acids is 1. The van der Waals surface area contributed by atoms with Crippen LogP contribution in [0.2, 0.25) is 0 Å². The van der Waals surface area contributed by atoms with Crippen LogP contribution in [0.25, 0.3) is 0 Å². The lowest BCUT2D eigenvalue weighted by Crippen LogP contribution is -2.15. The van der Waals surface area contributed by atoms with Crippen molar-refractivity contribution in [3.63, 3.8) is 0 Å². The Labute approximate surface area is 154 Å². The fraction of sp³-hybridized carbons (Fsp3) is 0.278. The number of nitrogens with one attached hydrogen (secondary N) is 1. The maximum Gasteiger partial charge on any atom is 0.269 e. The third-order valence-corrected chi connectivity index (χ3v) is 4.10. The lowest BCUT2D eigenvalue weighted by atomic mass is 10.1. The molecule has 7 heteroatoms. The SMILES string of the molecule is CCCCOc1ccc(Br)cc1C(=O)Nc1ccc([N+](=O)[O-])cc1C. The Hall–Kier alpha value is -2.41. The van der Waals surface area contributed by atoms with Gasteiger partial charge in [-0.2, -0.15) is 0 Å². The summed E-state index contributed by atoms with van der Waals surface area (Å²) in [5, 5.41) is 13.6. The van der Waals surface area contributed by atoms with Gasteiger partial charge in [0.25, 0.3) is 11.6 Å². The molecule has 0 bridgehead atoms. The summed E-state index contributed by atoms with van der Waals surface area (Å²) in [6.45, 7) is 4.31. The highest BCUT2D eigenvalue weighted by molar-refractivity contribution is 9.10. The Morgan fingerprint density at radius 2 is 2.04 bits per heavy atom. The Morgan fingerprint density at radius 1 is 1.28 bits per heavy atom. The number of rotatable bonds is 7. The first-order valence-electron chi connectivity index (χ1n) is 7.91. The van der Waals surface area contributed by atoms with Gasteiger partial charge in [0.1, 0.15) is 5.75 Å². The number of nitrogens with zero attached hydrogens (tertiary/aromatic N) is 1. The van der Waals surface area contributed by atoms with E-state index in [4.69, 9.17) is 4.74 Å². The molecule has 2 aromatic rings. The van der Waals surface area contributed by atoms with Gasteiger partial charge < -0.3 is 10.1 Å². The van der Waals surface area contributed by atoms with E-state index in [0.29, 0.717) is 29.2 Å². The number of hydrogen-bond donors (Lipinski definition) is 1. The second-order valence-electron chi connectivity index (χ2n) is 5.55. The number of anilines is 1. The minimum absolute atomic E-state index is 0.0125. The van der Waals surface area contributed by atoms with Crippen LogP contribution >= 0.6 is 15.9 Å². The molecule has 6 nitrogen and oxygen atoms in total. The molecule has 0 heterocycles. The molecular formula is C18H19BrN2O4. The predicted octanol–water partition coefficient (Wildman–Crippen LogP) is 5.10. The van der Waals surface area contributed by atoms with Crippen molar-refractivity contribution in [3.8, 4) is 5.75 Å². The Kier molecular flexibility index (Phi) is 6.52. The van der Waals surface area contributed by atoms with Gasteiger partial charge in [-0.25, -0.2) is 0 Å². The molecule has 0 aliphatic rings. The third-order valence-electron chi connectivity index (χ3n) is 3.61. The van der Waals surface area contributed by atoms with E-state index >= 15 is 0 Å². The lowest BCUT2D eigenvalue weighted by Gasteiger charge is -2.13. The molecule has 25 heavy (non-hydrogen) atoms. The highest BCUT2D eigenvalue weighted by atomic mass is 79.9. The molecule has 0 radical (unpaired) electrons. The molecule has 0 fully saturated rings. The van der Waals surface area contributed by atoms with Crippen molar-refractivity contribution >= 4 is 33.2 Å². The number of benzene rings is 2. The van der Waals surface area contributed by atoms with E-state index in [-0.39, 0.29) is 11.6 Å². The number of halogens is 1. The number of carbonyl (C=O) groups is 1. The van der Waals surface area contributed by atoms with Crippen LogP contribution < -0.4 is 10.1 Å². The number of ether oxygens (including phenoxy) is 1. The van der Waals surface area contributed by atoms with E-state index < -0.39 is 4.92 Å². The molecule has 1 N–H and O–H groups in total. The van der Waals surface area contributed by atoms with E-state index in [1.165, 1.54) is 18.2 Å². The van der Waals surface area contributed by atoms with Crippen molar-refractivity contribution < 1.29 is 14.5 Å². The Bertz CT molecular complexity index is 793. The highest BCUT2D eigenvalue weighted by Crippen LogP contribution is 2.26. The van der Waals surface area contributed by atoms with Gasteiger partial charge in [0, 0.05) is 22.3 Å². The van der Waals surface area contributed by atoms with Crippen molar-refractivity contribution in [1.29, 1.82) is 0 Å². The molecule has 132 valence electrons. The van der Waals surface area contributed by atoms with Crippen LogP contribution in [0.15, 0.2) is 40.9 Å². The van der Waals surface area contributed by atoms with Crippen molar-refractivity contribution in [2.45, 2.75) is 26.7 Å². The van der Waals surface area contributed by atoms with Gasteiger partial charge in [0.15, 0.2) is 0 Å². The maximum atomic E-state index is 12.6. The summed E-state index contributed by atoms with van der Waals surface area (Å²) in [5.41, 5.74) is 1.53. The molecular weight excluding hydrogens is 388 g/mol. The Balaban J connectivity index is 2.23. The summed E-state index contributed by atoms with van der Waals surface area (Å²) < 4.78 is 6.47. The minimum atomic E-state index is -0.466. The van der Waals surface area contributed by atoms with Crippen LogP contribution in [0.4, 0.5) is 11.4 Å². The quantitative estimate of drug-likeness (QED) is 0.394. The molecule has 0 aliphatic heterocycles. The molecule has 0 aromatic heterocycles. The predicted molar refractivity (Wildman–Crippen MR) is 100 cm³/mol. The van der Waals surface area contributed by atoms with Crippen molar-refractivity contribution in [1.82, 2.24) is 0 Å². The topological polar surface area (TPSA) is 81.5 Å². The number of nitro benzene ring substituents is 1. The van der Waals surface area contributed by atoms with Crippen LogP contribution in [0.1, 0.15) is 35.7 Å². The minimum Gasteiger partial charge on any atom is -0.493 e. The van der Waals surface area contributed by atoms with Crippen LogP contribution in [-0.4, -0.2) is 17.4 Å². The van der Waals surface area contributed by atoms with E-state index in [2.05, 4.69) is 28.2 Å². The van der Waals surface area contributed by atoms with Gasteiger partial charge in [-0.3, -0.25) is 14.9 Å². The van der Waals surface area contributed by atoms with Crippen molar-refractivity contribution in [2.75, 3.05) is 11.9 Å². The highest BCUT2D eigenvalue weighted by Gasteiger charge is 2.16. The molecule has 0 aliphatic carbocycles. The van der Waals surface area contributed by atoms with Gasteiger partial charge in [-0.05, 0) is 43.2 Å². The zero-order valence-electron chi connectivity index (χ0n) is 14.0.